The second kappa shape index (κ2) is 4.14. The van der Waals surface area contributed by atoms with Crippen LogP contribution in [0.1, 0.15) is 6.92 Å². The summed E-state index contributed by atoms with van der Waals surface area (Å²) in [6.45, 7) is 1.89. The molecule has 0 aromatic carbocycles. The SMILES string of the molecule is CCSCC1=CC(C(=O)O)=NS1(=O)=O. The van der Waals surface area contributed by atoms with Crippen LogP contribution < -0.4 is 0 Å². The van der Waals surface area contributed by atoms with E-state index in [9.17, 15) is 13.2 Å². The zero-order chi connectivity index (χ0) is 10.8. The first kappa shape index (κ1) is 11.3. The average Bonchev–Trinajstić information content (AvgIpc) is 2.38. The Morgan fingerprint density at radius 1 is 1.64 bits per heavy atom. The summed E-state index contributed by atoms with van der Waals surface area (Å²) in [5.41, 5.74) is -0.406. The van der Waals surface area contributed by atoms with Crippen molar-refractivity contribution >= 4 is 33.5 Å². The molecule has 0 aromatic rings. The molecule has 0 aliphatic carbocycles. The van der Waals surface area contributed by atoms with Gasteiger partial charge in [-0.2, -0.15) is 24.6 Å². The lowest BCUT2D eigenvalue weighted by atomic mass is 10.3. The molecule has 0 bridgehead atoms. The maximum Gasteiger partial charge on any atom is 0.355 e. The second-order valence-electron chi connectivity index (χ2n) is 2.50. The number of rotatable bonds is 4. The van der Waals surface area contributed by atoms with E-state index in [1.165, 1.54) is 11.8 Å². The van der Waals surface area contributed by atoms with Gasteiger partial charge in [-0.25, -0.2) is 4.79 Å². The van der Waals surface area contributed by atoms with Gasteiger partial charge in [0.25, 0.3) is 10.0 Å². The lowest BCUT2D eigenvalue weighted by Crippen LogP contribution is -2.07. The molecule has 0 saturated heterocycles. The normalized spacial score (nSPS) is 18.9. The Labute approximate surface area is 86.0 Å². The summed E-state index contributed by atoms with van der Waals surface area (Å²) >= 11 is 1.41. The number of carboxylic acids is 1. The third kappa shape index (κ3) is 2.36. The predicted octanol–water partition coefficient (Wildman–Crippen LogP) is 0.492. The van der Waals surface area contributed by atoms with Gasteiger partial charge in [-0.05, 0) is 11.8 Å². The molecule has 1 aliphatic heterocycles. The molecule has 5 nitrogen and oxygen atoms in total. The van der Waals surface area contributed by atoms with Crippen molar-refractivity contribution in [3.63, 3.8) is 0 Å². The Hall–Kier alpha value is -0.820. The summed E-state index contributed by atoms with van der Waals surface area (Å²) in [4.78, 5) is 10.5. The van der Waals surface area contributed by atoms with Gasteiger partial charge in [0, 0.05) is 5.75 Å². The zero-order valence-corrected chi connectivity index (χ0v) is 9.06. The van der Waals surface area contributed by atoms with Crippen molar-refractivity contribution in [2.45, 2.75) is 6.92 Å². The van der Waals surface area contributed by atoms with Gasteiger partial charge in [0.2, 0.25) is 0 Å². The van der Waals surface area contributed by atoms with E-state index >= 15 is 0 Å². The van der Waals surface area contributed by atoms with Crippen LogP contribution in [-0.4, -0.2) is 36.7 Å². The lowest BCUT2D eigenvalue weighted by Gasteiger charge is -1.97. The largest absolute Gasteiger partial charge is 0.476 e. The van der Waals surface area contributed by atoms with Crippen LogP contribution in [0.15, 0.2) is 15.4 Å². The van der Waals surface area contributed by atoms with Crippen LogP contribution in [0.2, 0.25) is 0 Å². The quantitative estimate of drug-likeness (QED) is 0.766. The summed E-state index contributed by atoms with van der Waals surface area (Å²) < 4.78 is 25.6. The summed E-state index contributed by atoms with van der Waals surface area (Å²) in [7, 11) is -3.71. The molecule has 0 spiro atoms. The van der Waals surface area contributed by atoms with E-state index in [2.05, 4.69) is 4.40 Å². The van der Waals surface area contributed by atoms with Crippen LogP contribution in [0.25, 0.3) is 0 Å². The first-order valence-corrected chi connectivity index (χ1v) is 6.43. The van der Waals surface area contributed by atoms with Gasteiger partial charge in [-0.15, -0.1) is 0 Å². The molecule has 7 heteroatoms. The van der Waals surface area contributed by atoms with Crippen molar-refractivity contribution in [2.75, 3.05) is 11.5 Å². The number of sulfonamides is 1. The minimum absolute atomic E-state index is 0.0711. The Kier molecular flexibility index (Phi) is 3.33. The number of hydrogen-bond donors (Lipinski definition) is 1. The van der Waals surface area contributed by atoms with Crippen molar-refractivity contribution in [3.05, 3.63) is 11.0 Å². The Bertz CT molecular complexity index is 407. The summed E-state index contributed by atoms with van der Waals surface area (Å²) in [6, 6.07) is 0. The first-order chi connectivity index (χ1) is 6.47. The maximum atomic E-state index is 11.3. The molecule has 0 atom stereocenters. The van der Waals surface area contributed by atoms with Crippen LogP contribution in [0, 0.1) is 0 Å². The van der Waals surface area contributed by atoms with E-state index in [1.54, 1.807) is 0 Å². The van der Waals surface area contributed by atoms with Crippen LogP contribution in [0.3, 0.4) is 0 Å². The molecular weight excluding hydrogens is 226 g/mol. The van der Waals surface area contributed by atoms with Gasteiger partial charge in [0.1, 0.15) is 0 Å². The molecule has 0 saturated carbocycles. The molecule has 78 valence electrons. The Morgan fingerprint density at radius 2 is 2.29 bits per heavy atom. The lowest BCUT2D eigenvalue weighted by molar-refractivity contribution is -0.129. The zero-order valence-electron chi connectivity index (χ0n) is 7.43. The molecule has 0 unspecified atom stereocenters. The van der Waals surface area contributed by atoms with E-state index in [-0.39, 0.29) is 10.7 Å². The molecule has 1 rings (SSSR count). The second-order valence-corrected chi connectivity index (χ2v) is 5.44. The third-order valence-electron chi connectivity index (χ3n) is 1.52. The molecule has 1 N–H and O–H groups in total. The van der Waals surface area contributed by atoms with Crippen LogP contribution in [0.5, 0.6) is 0 Å². The van der Waals surface area contributed by atoms with Crippen molar-refractivity contribution in [2.24, 2.45) is 4.40 Å². The minimum atomic E-state index is -3.71. The van der Waals surface area contributed by atoms with Crippen LogP contribution in [-0.2, 0) is 14.8 Å². The molecule has 0 fully saturated rings. The van der Waals surface area contributed by atoms with Crippen LogP contribution >= 0.6 is 11.8 Å². The number of carboxylic acid groups (broad SMARTS) is 1. The highest BCUT2D eigenvalue weighted by molar-refractivity contribution is 8.02. The minimum Gasteiger partial charge on any atom is -0.476 e. The smallest absolute Gasteiger partial charge is 0.355 e. The van der Waals surface area contributed by atoms with Crippen LogP contribution in [0.4, 0.5) is 0 Å². The van der Waals surface area contributed by atoms with E-state index in [4.69, 9.17) is 5.11 Å². The highest BCUT2D eigenvalue weighted by atomic mass is 32.2. The van der Waals surface area contributed by atoms with Gasteiger partial charge >= 0.3 is 5.97 Å². The molecule has 0 aromatic heterocycles. The number of hydrogen-bond acceptors (Lipinski definition) is 4. The van der Waals surface area contributed by atoms with Crippen molar-refractivity contribution in [1.29, 1.82) is 0 Å². The molecule has 1 aliphatic rings. The van der Waals surface area contributed by atoms with E-state index in [1.807, 2.05) is 6.92 Å². The number of aliphatic carboxylic acids is 1. The van der Waals surface area contributed by atoms with E-state index < -0.39 is 21.7 Å². The first-order valence-electron chi connectivity index (χ1n) is 3.84. The van der Waals surface area contributed by atoms with E-state index in [0.29, 0.717) is 0 Å². The Balaban J connectivity index is 2.90. The van der Waals surface area contributed by atoms with Crippen molar-refractivity contribution in [3.8, 4) is 0 Å². The third-order valence-corrected chi connectivity index (χ3v) is 3.98. The molecule has 0 radical (unpaired) electrons. The molecule has 0 amide bonds. The summed E-state index contributed by atoms with van der Waals surface area (Å²) in [6.07, 6.45) is 1.11. The molecule has 1 heterocycles. The fourth-order valence-electron chi connectivity index (χ4n) is 0.861. The topological polar surface area (TPSA) is 83.8 Å². The van der Waals surface area contributed by atoms with Gasteiger partial charge in [-0.1, -0.05) is 6.92 Å². The van der Waals surface area contributed by atoms with Gasteiger partial charge in [0.05, 0.1) is 4.91 Å². The van der Waals surface area contributed by atoms with Crippen molar-refractivity contribution in [1.82, 2.24) is 0 Å². The van der Waals surface area contributed by atoms with Gasteiger partial charge in [-0.3, -0.25) is 0 Å². The summed E-state index contributed by atoms with van der Waals surface area (Å²) in [5.74, 6) is -0.265. The highest BCUT2D eigenvalue weighted by Crippen LogP contribution is 2.21. The number of thioether (sulfide) groups is 1. The van der Waals surface area contributed by atoms with Crippen molar-refractivity contribution < 1.29 is 18.3 Å². The predicted molar refractivity (Wildman–Crippen MR) is 55.1 cm³/mol. The van der Waals surface area contributed by atoms with Gasteiger partial charge in [0.15, 0.2) is 5.71 Å². The number of nitrogens with zero attached hydrogens (tertiary/aromatic N) is 1. The summed E-state index contributed by atoms with van der Waals surface area (Å²) in [5, 5.41) is 8.54. The maximum absolute atomic E-state index is 11.3. The Morgan fingerprint density at radius 3 is 2.71 bits per heavy atom. The van der Waals surface area contributed by atoms with E-state index in [0.717, 1.165) is 11.8 Å². The monoisotopic (exact) mass is 235 g/mol. The van der Waals surface area contributed by atoms with Gasteiger partial charge < -0.3 is 5.11 Å². The fraction of sp³-hybridized carbons (Fsp3) is 0.429. The molecular formula is C7H9NO4S2. The number of carbonyl (C=O) groups is 1. The average molecular weight is 235 g/mol. The fourth-order valence-corrected chi connectivity index (χ4v) is 2.96. The molecule has 14 heavy (non-hydrogen) atoms. The highest BCUT2D eigenvalue weighted by Gasteiger charge is 2.27. The standard InChI is InChI=1S/C7H9NO4S2/c1-2-13-4-5-3-6(7(9)10)8-14(5,11)12/h3H,2,4H2,1H3,(H,9,10).